The van der Waals surface area contributed by atoms with Crippen molar-refractivity contribution in [1.82, 2.24) is 0 Å². The van der Waals surface area contributed by atoms with Crippen LogP contribution in [0.15, 0.2) is 12.2 Å². The monoisotopic (exact) mass is 479 g/mol. The van der Waals surface area contributed by atoms with Crippen molar-refractivity contribution in [2.75, 3.05) is 0 Å². The summed E-state index contributed by atoms with van der Waals surface area (Å²) in [5.41, 5.74) is -0.425. The molecule has 1 N–H and O–H groups in total. The van der Waals surface area contributed by atoms with E-state index in [-0.39, 0.29) is 62.4 Å². The number of allylic oxidation sites excluding steroid dienone is 2. The first-order valence-electron chi connectivity index (χ1n) is 6.99. The molecule has 2 aliphatic carbocycles. The van der Waals surface area contributed by atoms with Crippen molar-refractivity contribution >= 4 is 5.97 Å². The molecule has 2 aliphatic rings. The second-order valence-electron chi connectivity index (χ2n) is 6.30. The molecule has 2 rings (SSSR count). The van der Waals surface area contributed by atoms with Crippen LogP contribution in [0.2, 0.25) is 0 Å². The molecule has 0 heterocycles. The summed E-state index contributed by atoms with van der Waals surface area (Å²) in [5.74, 6) is 1.06. The third kappa shape index (κ3) is 4.55. The zero-order valence-electron chi connectivity index (χ0n) is 12.1. The van der Waals surface area contributed by atoms with E-state index >= 15 is 0 Å². The van der Waals surface area contributed by atoms with Gasteiger partial charge in [-0.25, -0.2) is 0 Å². The van der Waals surface area contributed by atoms with E-state index in [1.165, 1.54) is 0 Å². The van der Waals surface area contributed by atoms with E-state index in [1.807, 2.05) is 20.8 Å². The molecule has 19 heavy (non-hydrogen) atoms. The number of esters is 1. The molecule has 0 spiro atoms. The third-order valence-electron chi connectivity index (χ3n) is 4.44. The van der Waals surface area contributed by atoms with Crippen molar-refractivity contribution in [3.8, 4) is 0 Å². The summed E-state index contributed by atoms with van der Waals surface area (Å²) in [6.07, 6.45) is 6.97. The van der Waals surface area contributed by atoms with Crippen molar-refractivity contribution in [2.24, 2.45) is 17.8 Å². The fraction of sp³-hybridized carbons (Fsp3) is 0.800. The van der Waals surface area contributed by atoms with Gasteiger partial charge < -0.3 is 9.84 Å². The molecule has 0 aromatic rings. The Kier molecular flexibility index (Phi) is 6.56. The van der Waals surface area contributed by atoms with E-state index in [4.69, 9.17) is 4.74 Å². The van der Waals surface area contributed by atoms with Crippen molar-refractivity contribution in [3.05, 3.63) is 12.2 Å². The third-order valence-corrected chi connectivity index (χ3v) is 4.44. The van der Waals surface area contributed by atoms with Crippen molar-refractivity contribution in [1.29, 1.82) is 0 Å². The molecule has 1 radical (unpaired) electrons. The van der Waals surface area contributed by atoms with E-state index in [2.05, 4.69) is 12.2 Å². The second-order valence-corrected chi connectivity index (χ2v) is 6.30. The van der Waals surface area contributed by atoms with Crippen molar-refractivity contribution < 1.29 is 58.7 Å². The summed E-state index contributed by atoms with van der Waals surface area (Å²) in [6, 6.07) is 0. The standard InChI is InChI=1S/C15H24O3.Ac/c1-4-15(2,3)18-14(17)9-13(16)12-8-10-5-6-11(12)7-10;/h5-6,10-13,16H,4,7-9H2,1-3H3;. The van der Waals surface area contributed by atoms with Gasteiger partial charge in [0.1, 0.15) is 5.60 Å². The molecular formula is C15H24AcO3. The second kappa shape index (κ2) is 7.05. The van der Waals surface area contributed by atoms with Crippen LogP contribution in [-0.2, 0) is 9.53 Å². The van der Waals surface area contributed by atoms with E-state index in [0.717, 1.165) is 19.3 Å². The molecule has 1 saturated carbocycles. The molecular weight excluding hydrogens is 455 g/mol. The molecule has 105 valence electrons. The maximum atomic E-state index is 11.8. The molecule has 2 bridgehead atoms. The van der Waals surface area contributed by atoms with Gasteiger partial charge in [-0.15, -0.1) is 0 Å². The number of carbonyl (C=O) groups is 1. The van der Waals surface area contributed by atoms with Gasteiger partial charge in [-0.1, -0.05) is 19.1 Å². The van der Waals surface area contributed by atoms with E-state index < -0.39 is 11.7 Å². The molecule has 3 nitrogen and oxygen atoms in total. The Hall–Kier alpha value is 0.612. The van der Waals surface area contributed by atoms with Gasteiger partial charge in [-0.2, -0.15) is 0 Å². The van der Waals surface area contributed by atoms with Gasteiger partial charge in [0, 0.05) is 44.1 Å². The van der Waals surface area contributed by atoms with Gasteiger partial charge in [0.05, 0.1) is 12.5 Å². The van der Waals surface area contributed by atoms with Crippen LogP contribution in [0.4, 0.5) is 0 Å². The molecule has 1 fully saturated rings. The van der Waals surface area contributed by atoms with Crippen molar-refractivity contribution in [2.45, 2.75) is 58.2 Å². The zero-order chi connectivity index (χ0) is 13.3. The van der Waals surface area contributed by atoms with Crippen LogP contribution in [-0.4, -0.2) is 22.8 Å². The maximum Gasteiger partial charge on any atom is 0.308 e. The maximum absolute atomic E-state index is 11.8. The predicted molar refractivity (Wildman–Crippen MR) is 69.9 cm³/mol. The van der Waals surface area contributed by atoms with Crippen molar-refractivity contribution in [3.63, 3.8) is 0 Å². The van der Waals surface area contributed by atoms with Crippen LogP contribution < -0.4 is 0 Å². The number of fused-ring (bicyclic) bond motifs is 2. The van der Waals surface area contributed by atoms with E-state index in [9.17, 15) is 9.90 Å². The molecule has 4 unspecified atom stereocenters. The minimum atomic E-state index is -0.551. The Bertz CT molecular complexity index is 351. The Balaban J connectivity index is 0.00000180. The average Bonchev–Trinajstić information content (AvgIpc) is 2.89. The van der Waals surface area contributed by atoms with Crippen LogP contribution >= 0.6 is 0 Å². The molecule has 0 amide bonds. The molecule has 4 atom stereocenters. The quantitative estimate of drug-likeness (QED) is 0.488. The van der Waals surface area contributed by atoms with Crippen LogP contribution in [0.1, 0.15) is 46.5 Å². The summed E-state index contributed by atoms with van der Waals surface area (Å²) in [6.45, 7) is 5.79. The van der Waals surface area contributed by atoms with Gasteiger partial charge in [-0.3, -0.25) is 4.79 Å². The van der Waals surface area contributed by atoms with Crippen LogP contribution in [0.3, 0.4) is 0 Å². The fourth-order valence-corrected chi connectivity index (χ4v) is 3.01. The Morgan fingerprint density at radius 1 is 1.42 bits per heavy atom. The first kappa shape index (κ1) is 17.7. The van der Waals surface area contributed by atoms with E-state index in [0.29, 0.717) is 11.8 Å². The summed E-state index contributed by atoms with van der Waals surface area (Å²) in [4.78, 5) is 11.8. The van der Waals surface area contributed by atoms with Crippen LogP contribution in [0, 0.1) is 61.8 Å². The smallest absolute Gasteiger partial charge is 0.308 e. The molecule has 0 aromatic carbocycles. The Morgan fingerprint density at radius 2 is 2.11 bits per heavy atom. The minimum absolute atomic E-state index is 0. The summed E-state index contributed by atoms with van der Waals surface area (Å²) in [7, 11) is 0. The van der Waals surface area contributed by atoms with Crippen LogP contribution in [0.25, 0.3) is 0 Å². The predicted octanol–water partition coefficient (Wildman–Crippen LogP) is 2.68. The SMILES string of the molecule is CCC(C)(C)OC(=O)CC(O)C1CC2C=CC1C2.[Ac]. The number of hydrogen-bond donors (Lipinski definition) is 1. The number of aliphatic hydroxyl groups is 1. The first-order valence-corrected chi connectivity index (χ1v) is 6.99. The molecule has 0 saturated heterocycles. The summed E-state index contributed by atoms with van der Waals surface area (Å²) >= 11 is 0. The van der Waals surface area contributed by atoms with E-state index in [1.54, 1.807) is 0 Å². The molecule has 0 aromatic heterocycles. The molecule has 4 heteroatoms. The van der Waals surface area contributed by atoms with Gasteiger partial charge in [0.15, 0.2) is 0 Å². The number of carbonyl (C=O) groups excluding carboxylic acids is 1. The average molecular weight is 479 g/mol. The van der Waals surface area contributed by atoms with Crippen LogP contribution in [0.5, 0.6) is 0 Å². The van der Waals surface area contributed by atoms with Gasteiger partial charge in [0.2, 0.25) is 0 Å². The topological polar surface area (TPSA) is 46.5 Å². The zero-order valence-corrected chi connectivity index (χ0v) is 16.9. The normalized spacial score (nSPS) is 30.0. The largest absolute Gasteiger partial charge is 0.460 e. The fourth-order valence-electron chi connectivity index (χ4n) is 3.01. The number of rotatable bonds is 5. The number of ether oxygens (including phenoxy) is 1. The molecule has 0 aliphatic heterocycles. The number of hydrogen-bond acceptors (Lipinski definition) is 3. The Morgan fingerprint density at radius 3 is 2.58 bits per heavy atom. The first-order chi connectivity index (χ1) is 8.41. The van der Waals surface area contributed by atoms with Gasteiger partial charge in [0.25, 0.3) is 0 Å². The van der Waals surface area contributed by atoms with Gasteiger partial charge >= 0.3 is 5.97 Å². The number of aliphatic hydroxyl groups excluding tert-OH is 1. The summed E-state index contributed by atoms with van der Waals surface area (Å²) < 4.78 is 5.38. The minimum Gasteiger partial charge on any atom is -0.460 e. The van der Waals surface area contributed by atoms with Gasteiger partial charge in [-0.05, 0) is 50.9 Å². The summed E-state index contributed by atoms with van der Waals surface area (Å²) in [5, 5.41) is 10.2. The Labute approximate surface area is 151 Å².